The van der Waals surface area contributed by atoms with Crippen molar-refractivity contribution in [3.05, 3.63) is 12.2 Å². The van der Waals surface area contributed by atoms with Gasteiger partial charge in [-0.25, -0.2) is 5.01 Å². The highest BCUT2D eigenvalue weighted by Gasteiger charge is 2.49. The maximum Gasteiger partial charge on any atom is 0.0257 e. The second-order valence-corrected chi connectivity index (χ2v) is 8.02. The number of rotatable bonds is 3. The van der Waals surface area contributed by atoms with Crippen molar-refractivity contribution in [1.29, 1.82) is 0 Å². The third-order valence-corrected chi connectivity index (χ3v) is 6.33. The van der Waals surface area contributed by atoms with Crippen LogP contribution in [0.2, 0.25) is 0 Å². The molecular formula is C17H29N3. The van der Waals surface area contributed by atoms with Crippen molar-refractivity contribution in [2.75, 3.05) is 32.7 Å². The van der Waals surface area contributed by atoms with Gasteiger partial charge in [0.15, 0.2) is 0 Å². The first-order valence-corrected chi connectivity index (χ1v) is 8.60. The van der Waals surface area contributed by atoms with Crippen LogP contribution in [-0.4, -0.2) is 42.6 Å². The molecule has 0 atom stereocenters. The number of allylic oxidation sites excluding steroid dienone is 1. The predicted molar refractivity (Wildman–Crippen MR) is 81.9 cm³/mol. The fourth-order valence-corrected chi connectivity index (χ4v) is 5.78. The van der Waals surface area contributed by atoms with E-state index in [9.17, 15) is 0 Å². The third-order valence-electron chi connectivity index (χ3n) is 6.33. The molecule has 4 saturated carbocycles. The average Bonchev–Trinajstić information content (AvgIpc) is 2.39. The Morgan fingerprint density at radius 3 is 2.00 bits per heavy atom. The maximum atomic E-state index is 5.82. The zero-order valence-electron chi connectivity index (χ0n) is 12.6. The van der Waals surface area contributed by atoms with Crippen molar-refractivity contribution in [2.45, 2.75) is 38.5 Å². The van der Waals surface area contributed by atoms with Gasteiger partial charge in [-0.1, -0.05) is 12.2 Å². The summed E-state index contributed by atoms with van der Waals surface area (Å²) >= 11 is 0. The molecule has 4 bridgehead atoms. The van der Waals surface area contributed by atoms with E-state index in [0.29, 0.717) is 5.41 Å². The Morgan fingerprint density at radius 2 is 1.45 bits per heavy atom. The van der Waals surface area contributed by atoms with E-state index in [-0.39, 0.29) is 0 Å². The molecule has 0 unspecified atom stereocenters. The van der Waals surface area contributed by atoms with Crippen LogP contribution in [0.4, 0.5) is 0 Å². The van der Waals surface area contributed by atoms with Gasteiger partial charge in [0, 0.05) is 32.7 Å². The summed E-state index contributed by atoms with van der Waals surface area (Å²) in [5, 5.41) is 1.94. The summed E-state index contributed by atoms with van der Waals surface area (Å²) in [6.45, 7) is 5.43. The fraction of sp³-hybridized carbons (Fsp3) is 0.882. The van der Waals surface area contributed by atoms with Gasteiger partial charge in [-0.05, 0) is 61.7 Å². The topological polar surface area (TPSA) is 32.5 Å². The zero-order valence-corrected chi connectivity index (χ0v) is 12.6. The van der Waals surface area contributed by atoms with E-state index in [1.165, 1.54) is 19.3 Å². The minimum atomic E-state index is 0.602. The second kappa shape index (κ2) is 5.11. The lowest BCUT2D eigenvalue weighted by Gasteiger charge is -2.56. The number of hydrazine groups is 1. The molecule has 20 heavy (non-hydrogen) atoms. The van der Waals surface area contributed by atoms with Crippen molar-refractivity contribution in [2.24, 2.45) is 29.0 Å². The summed E-state index contributed by atoms with van der Waals surface area (Å²) in [7, 11) is 0. The van der Waals surface area contributed by atoms with Gasteiger partial charge < -0.3 is 0 Å². The monoisotopic (exact) mass is 275 g/mol. The molecule has 5 fully saturated rings. The van der Waals surface area contributed by atoms with Gasteiger partial charge in [0.25, 0.3) is 0 Å². The lowest BCUT2D eigenvalue weighted by atomic mass is 9.49. The van der Waals surface area contributed by atoms with Crippen LogP contribution in [0.3, 0.4) is 0 Å². The van der Waals surface area contributed by atoms with Crippen molar-refractivity contribution in [3.8, 4) is 0 Å². The Balaban J connectivity index is 1.35. The minimum Gasteiger partial charge on any atom is -0.297 e. The number of hydrogen-bond donors (Lipinski definition) is 1. The molecule has 1 aliphatic heterocycles. The van der Waals surface area contributed by atoms with Gasteiger partial charge in [-0.15, -0.1) is 0 Å². The van der Waals surface area contributed by atoms with E-state index < -0.39 is 0 Å². The number of hydrogen-bond acceptors (Lipinski definition) is 3. The van der Waals surface area contributed by atoms with Crippen LogP contribution < -0.4 is 5.84 Å². The molecule has 3 nitrogen and oxygen atoms in total. The molecule has 3 heteroatoms. The Kier molecular flexibility index (Phi) is 3.40. The van der Waals surface area contributed by atoms with Crippen LogP contribution in [0.1, 0.15) is 38.5 Å². The van der Waals surface area contributed by atoms with E-state index in [0.717, 1.165) is 50.5 Å². The lowest BCUT2D eigenvalue weighted by Crippen LogP contribution is -2.49. The Bertz CT molecular complexity index is 346. The van der Waals surface area contributed by atoms with Crippen molar-refractivity contribution in [1.82, 2.24) is 9.91 Å². The molecular weight excluding hydrogens is 246 g/mol. The maximum absolute atomic E-state index is 5.82. The molecule has 4 aliphatic carbocycles. The highest BCUT2D eigenvalue weighted by atomic mass is 15.4. The summed E-state index contributed by atoms with van der Waals surface area (Å²) in [5.41, 5.74) is 0.602. The summed E-state index contributed by atoms with van der Waals surface area (Å²) in [5.74, 6) is 9.00. The molecule has 0 amide bonds. The smallest absolute Gasteiger partial charge is 0.0257 e. The molecule has 0 radical (unpaired) electrons. The predicted octanol–water partition coefficient (Wildman–Crippen LogP) is 2.25. The van der Waals surface area contributed by atoms with Gasteiger partial charge in [0.1, 0.15) is 0 Å². The van der Waals surface area contributed by atoms with Crippen LogP contribution in [0.5, 0.6) is 0 Å². The van der Waals surface area contributed by atoms with E-state index >= 15 is 0 Å². The SMILES string of the molecule is NN1CCN(C/C=C/C23CC4CC(CC(C4)C2)C3)CC1. The minimum absolute atomic E-state index is 0.602. The summed E-state index contributed by atoms with van der Waals surface area (Å²) < 4.78 is 0. The van der Waals surface area contributed by atoms with Crippen molar-refractivity contribution < 1.29 is 0 Å². The van der Waals surface area contributed by atoms with E-state index in [1.807, 2.05) is 5.01 Å². The number of nitrogens with two attached hydrogens (primary N) is 1. The van der Waals surface area contributed by atoms with Crippen LogP contribution in [0.15, 0.2) is 12.2 Å². The molecule has 0 aromatic heterocycles. The Labute approximate surface area is 123 Å². The standard InChI is InChI=1S/C17H29N3/c18-20-6-4-19(5-7-20)3-1-2-17-11-14-8-15(12-17)10-16(9-14)13-17/h1-2,14-16H,3-13,18H2/b2-1+. The summed E-state index contributed by atoms with van der Waals surface area (Å²) in [4.78, 5) is 2.54. The first kappa shape index (κ1) is 13.3. The largest absolute Gasteiger partial charge is 0.297 e. The highest BCUT2D eigenvalue weighted by molar-refractivity contribution is 5.11. The van der Waals surface area contributed by atoms with Crippen molar-refractivity contribution >= 4 is 0 Å². The Hall–Kier alpha value is -0.380. The summed E-state index contributed by atoms with van der Waals surface area (Å²) in [6, 6.07) is 0. The van der Waals surface area contributed by atoms with Crippen LogP contribution in [0.25, 0.3) is 0 Å². The molecule has 1 heterocycles. The van der Waals surface area contributed by atoms with Gasteiger partial charge in [-0.3, -0.25) is 10.7 Å². The highest BCUT2D eigenvalue weighted by Crippen LogP contribution is 2.60. The molecule has 0 aromatic carbocycles. The molecule has 5 aliphatic rings. The van der Waals surface area contributed by atoms with E-state index in [4.69, 9.17) is 5.84 Å². The summed E-state index contributed by atoms with van der Waals surface area (Å²) in [6.07, 6.45) is 14.2. The normalized spacial score (nSPS) is 45.5. The quantitative estimate of drug-likeness (QED) is 0.633. The first-order valence-electron chi connectivity index (χ1n) is 8.60. The van der Waals surface area contributed by atoms with E-state index in [1.54, 1.807) is 19.3 Å². The molecule has 0 aromatic rings. The molecule has 2 N–H and O–H groups in total. The first-order chi connectivity index (χ1) is 9.71. The zero-order chi connectivity index (χ0) is 13.6. The molecule has 0 spiro atoms. The fourth-order valence-electron chi connectivity index (χ4n) is 5.78. The molecule has 5 rings (SSSR count). The lowest BCUT2D eigenvalue weighted by molar-refractivity contribution is -0.0239. The second-order valence-electron chi connectivity index (χ2n) is 8.02. The van der Waals surface area contributed by atoms with Gasteiger partial charge in [0.2, 0.25) is 0 Å². The van der Waals surface area contributed by atoms with Crippen LogP contribution in [0, 0.1) is 23.2 Å². The van der Waals surface area contributed by atoms with Crippen LogP contribution >= 0.6 is 0 Å². The van der Waals surface area contributed by atoms with E-state index in [2.05, 4.69) is 17.1 Å². The Morgan fingerprint density at radius 1 is 0.900 bits per heavy atom. The number of piperazine rings is 1. The number of nitrogens with zero attached hydrogens (tertiary/aromatic N) is 2. The third kappa shape index (κ3) is 2.56. The van der Waals surface area contributed by atoms with Crippen molar-refractivity contribution in [3.63, 3.8) is 0 Å². The average molecular weight is 275 g/mol. The van der Waals surface area contributed by atoms with Crippen LogP contribution in [-0.2, 0) is 0 Å². The van der Waals surface area contributed by atoms with Gasteiger partial charge in [-0.2, -0.15) is 0 Å². The van der Waals surface area contributed by atoms with Gasteiger partial charge in [0.05, 0.1) is 0 Å². The van der Waals surface area contributed by atoms with Gasteiger partial charge >= 0.3 is 0 Å². The molecule has 112 valence electrons. The molecule has 1 saturated heterocycles.